The van der Waals surface area contributed by atoms with Crippen molar-refractivity contribution < 1.29 is 13.9 Å². The Labute approximate surface area is 124 Å². The molecule has 20 heavy (non-hydrogen) atoms. The number of benzene rings is 2. The SMILES string of the molecule is OC(Cc1ccc(Br)cc1)c1cc2cc(F)ccc2o1. The molecule has 0 saturated carbocycles. The average molecular weight is 335 g/mol. The monoisotopic (exact) mass is 334 g/mol. The van der Waals surface area contributed by atoms with E-state index in [1.807, 2.05) is 24.3 Å². The molecule has 0 aliphatic carbocycles. The Morgan fingerprint density at radius 2 is 1.85 bits per heavy atom. The molecule has 102 valence electrons. The molecule has 1 N–H and O–H groups in total. The van der Waals surface area contributed by atoms with E-state index in [-0.39, 0.29) is 5.82 Å². The third-order valence-electron chi connectivity index (χ3n) is 3.17. The van der Waals surface area contributed by atoms with Crippen molar-refractivity contribution in [1.82, 2.24) is 0 Å². The summed E-state index contributed by atoms with van der Waals surface area (Å²) < 4.78 is 19.7. The van der Waals surface area contributed by atoms with Gasteiger partial charge in [0.05, 0.1) is 0 Å². The van der Waals surface area contributed by atoms with Crippen LogP contribution in [0.3, 0.4) is 0 Å². The summed E-state index contributed by atoms with van der Waals surface area (Å²) in [4.78, 5) is 0. The van der Waals surface area contributed by atoms with Crippen LogP contribution < -0.4 is 0 Å². The zero-order valence-corrected chi connectivity index (χ0v) is 12.1. The van der Waals surface area contributed by atoms with Gasteiger partial charge in [-0.1, -0.05) is 28.1 Å². The van der Waals surface area contributed by atoms with Gasteiger partial charge in [0.2, 0.25) is 0 Å². The van der Waals surface area contributed by atoms with E-state index < -0.39 is 6.10 Å². The van der Waals surface area contributed by atoms with Crippen molar-refractivity contribution in [3.05, 3.63) is 70.1 Å². The second kappa shape index (κ2) is 5.38. The van der Waals surface area contributed by atoms with E-state index in [4.69, 9.17) is 4.42 Å². The zero-order chi connectivity index (χ0) is 14.1. The first kappa shape index (κ1) is 13.3. The molecule has 0 fully saturated rings. The van der Waals surface area contributed by atoms with Gasteiger partial charge in [-0.3, -0.25) is 0 Å². The Morgan fingerprint density at radius 3 is 2.60 bits per heavy atom. The normalized spacial score (nSPS) is 12.8. The maximum Gasteiger partial charge on any atom is 0.134 e. The molecule has 4 heteroatoms. The minimum atomic E-state index is -0.744. The zero-order valence-electron chi connectivity index (χ0n) is 10.5. The van der Waals surface area contributed by atoms with E-state index in [1.54, 1.807) is 12.1 Å². The van der Waals surface area contributed by atoms with Crippen molar-refractivity contribution in [1.29, 1.82) is 0 Å². The van der Waals surface area contributed by atoms with Gasteiger partial charge < -0.3 is 9.52 Å². The standard InChI is InChI=1S/C16H12BrFO2/c17-12-3-1-10(2-4-12)7-14(19)16-9-11-8-13(18)5-6-15(11)20-16/h1-6,8-9,14,19H,7H2. The van der Waals surface area contributed by atoms with Crippen LogP contribution in [0.2, 0.25) is 0 Å². The third kappa shape index (κ3) is 2.76. The van der Waals surface area contributed by atoms with Gasteiger partial charge in [-0.05, 0) is 42.0 Å². The van der Waals surface area contributed by atoms with Crippen LogP contribution in [0.5, 0.6) is 0 Å². The molecule has 3 aromatic rings. The molecule has 0 bridgehead atoms. The fourth-order valence-corrected chi connectivity index (χ4v) is 2.41. The highest BCUT2D eigenvalue weighted by Gasteiger charge is 2.14. The Kier molecular flexibility index (Phi) is 3.59. The number of aliphatic hydroxyl groups excluding tert-OH is 1. The summed E-state index contributed by atoms with van der Waals surface area (Å²) in [5.74, 6) is 0.140. The number of aliphatic hydroxyl groups is 1. The molecule has 0 spiro atoms. The second-order valence-electron chi connectivity index (χ2n) is 4.68. The van der Waals surface area contributed by atoms with Crippen molar-refractivity contribution in [3.8, 4) is 0 Å². The van der Waals surface area contributed by atoms with E-state index in [1.165, 1.54) is 12.1 Å². The first-order valence-electron chi connectivity index (χ1n) is 6.23. The van der Waals surface area contributed by atoms with Gasteiger partial charge in [-0.25, -0.2) is 4.39 Å². The molecule has 0 saturated heterocycles. The van der Waals surface area contributed by atoms with Crippen LogP contribution in [-0.2, 0) is 6.42 Å². The topological polar surface area (TPSA) is 33.4 Å². The van der Waals surface area contributed by atoms with Gasteiger partial charge in [0, 0.05) is 16.3 Å². The molecular weight excluding hydrogens is 323 g/mol. The molecule has 2 aromatic carbocycles. The van der Waals surface area contributed by atoms with E-state index >= 15 is 0 Å². The van der Waals surface area contributed by atoms with E-state index in [0.717, 1.165) is 10.0 Å². The summed E-state index contributed by atoms with van der Waals surface area (Å²) in [6.45, 7) is 0. The molecule has 0 amide bonds. The minimum Gasteiger partial charge on any atom is -0.458 e. The van der Waals surface area contributed by atoms with E-state index in [0.29, 0.717) is 23.2 Å². The average Bonchev–Trinajstić information content (AvgIpc) is 2.84. The summed E-state index contributed by atoms with van der Waals surface area (Å²) in [5.41, 5.74) is 1.59. The van der Waals surface area contributed by atoms with Crippen LogP contribution in [-0.4, -0.2) is 5.11 Å². The Balaban J connectivity index is 1.84. The molecule has 0 aliphatic rings. The van der Waals surface area contributed by atoms with Gasteiger partial charge in [-0.2, -0.15) is 0 Å². The lowest BCUT2D eigenvalue weighted by Gasteiger charge is -2.07. The Morgan fingerprint density at radius 1 is 1.10 bits per heavy atom. The third-order valence-corrected chi connectivity index (χ3v) is 3.70. The molecule has 0 aliphatic heterocycles. The van der Waals surface area contributed by atoms with Crippen LogP contribution in [0.15, 0.2) is 57.4 Å². The predicted molar refractivity (Wildman–Crippen MR) is 79.0 cm³/mol. The molecule has 1 atom stereocenters. The molecular formula is C16H12BrFO2. The number of furan rings is 1. The van der Waals surface area contributed by atoms with Crippen molar-refractivity contribution in [2.24, 2.45) is 0 Å². The van der Waals surface area contributed by atoms with E-state index in [2.05, 4.69) is 15.9 Å². The van der Waals surface area contributed by atoms with Gasteiger partial charge in [0.1, 0.15) is 23.3 Å². The quantitative estimate of drug-likeness (QED) is 0.758. The Hall–Kier alpha value is -1.65. The summed E-state index contributed by atoms with van der Waals surface area (Å²) in [6, 6.07) is 13.7. The smallest absolute Gasteiger partial charge is 0.134 e. The maximum atomic E-state index is 13.1. The van der Waals surface area contributed by atoms with Gasteiger partial charge in [0.15, 0.2) is 0 Å². The van der Waals surface area contributed by atoms with Crippen molar-refractivity contribution >= 4 is 26.9 Å². The second-order valence-corrected chi connectivity index (χ2v) is 5.59. The number of rotatable bonds is 3. The summed E-state index contributed by atoms with van der Waals surface area (Å²) in [6.07, 6.45) is -0.290. The molecule has 1 aromatic heterocycles. The van der Waals surface area contributed by atoms with Crippen LogP contribution in [0, 0.1) is 5.82 Å². The molecule has 1 unspecified atom stereocenters. The van der Waals surface area contributed by atoms with Gasteiger partial charge >= 0.3 is 0 Å². The van der Waals surface area contributed by atoms with Crippen molar-refractivity contribution in [3.63, 3.8) is 0 Å². The molecule has 3 rings (SSSR count). The highest BCUT2D eigenvalue weighted by Crippen LogP contribution is 2.27. The van der Waals surface area contributed by atoms with Gasteiger partial charge in [0.25, 0.3) is 0 Å². The fourth-order valence-electron chi connectivity index (χ4n) is 2.14. The van der Waals surface area contributed by atoms with Gasteiger partial charge in [-0.15, -0.1) is 0 Å². The highest BCUT2D eigenvalue weighted by molar-refractivity contribution is 9.10. The maximum absolute atomic E-state index is 13.1. The molecule has 2 nitrogen and oxygen atoms in total. The number of halogens is 2. The highest BCUT2D eigenvalue weighted by atomic mass is 79.9. The number of hydrogen-bond donors (Lipinski definition) is 1. The number of fused-ring (bicyclic) bond motifs is 1. The van der Waals surface area contributed by atoms with Crippen LogP contribution in [0.25, 0.3) is 11.0 Å². The molecule has 0 radical (unpaired) electrons. The predicted octanol–water partition coefficient (Wildman–Crippen LogP) is 4.61. The molecule has 1 heterocycles. The van der Waals surface area contributed by atoms with Crippen LogP contribution in [0.4, 0.5) is 4.39 Å². The lowest BCUT2D eigenvalue weighted by atomic mass is 10.1. The first-order chi connectivity index (χ1) is 9.61. The van der Waals surface area contributed by atoms with Crippen LogP contribution >= 0.6 is 15.9 Å². The van der Waals surface area contributed by atoms with Crippen LogP contribution in [0.1, 0.15) is 17.4 Å². The van der Waals surface area contributed by atoms with Crippen molar-refractivity contribution in [2.75, 3.05) is 0 Å². The number of hydrogen-bond acceptors (Lipinski definition) is 2. The summed E-state index contributed by atoms with van der Waals surface area (Å²) in [7, 11) is 0. The van der Waals surface area contributed by atoms with Crippen molar-refractivity contribution in [2.45, 2.75) is 12.5 Å². The lowest BCUT2D eigenvalue weighted by Crippen LogP contribution is -2.00. The summed E-state index contributed by atoms with van der Waals surface area (Å²) in [5, 5.41) is 10.9. The fraction of sp³-hybridized carbons (Fsp3) is 0.125. The van der Waals surface area contributed by atoms with E-state index in [9.17, 15) is 9.50 Å². The largest absolute Gasteiger partial charge is 0.458 e. The summed E-state index contributed by atoms with van der Waals surface area (Å²) >= 11 is 3.37. The first-order valence-corrected chi connectivity index (χ1v) is 7.02. The lowest BCUT2D eigenvalue weighted by molar-refractivity contribution is 0.152. The Bertz CT molecular complexity index is 734. The minimum absolute atomic E-state index is 0.313.